The molecule has 0 saturated heterocycles. The molecule has 3 N–H and O–H groups in total. The molecule has 1 aliphatic carbocycles. The number of hydrogen-bond acceptors (Lipinski definition) is 2. The van der Waals surface area contributed by atoms with Crippen molar-refractivity contribution >= 4 is 17.3 Å². The third kappa shape index (κ3) is 2.34. The van der Waals surface area contributed by atoms with Gasteiger partial charge in [-0.3, -0.25) is 0 Å². The Labute approximate surface area is 118 Å². The van der Waals surface area contributed by atoms with E-state index < -0.39 is 0 Å². The molecule has 3 rings (SSSR count). The first-order valence-corrected chi connectivity index (χ1v) is 6.90. The Morgan fingerprint density at radius 2 is 1.89 bits per heavy atom. The lowest BCUT2D eigenvalue weighted by molar-refractivity contribution is 0.648. The van der Waals surface area contributed by atoms with Crippen molar-refractivity contribution < 1.29 is 0 Å². The molecule has 19 heavy (non-hydrogen) atoms. The highest BCUT2D eigenvalue weighted by Gasteiger charge is 2.28. The first-order valence-electron chi connectivity index (χ1n) is 6.52. The average molecular weight is 273 g/mol. The summed E-state index contributed by atoms with van der Waals surface area (Å²) in [5, 5.41) is 4.28. The van der Waals surface area contributed by atoms with E-state index >= 15 is 0 Å². The highest BCUT2D eigenvalue weighted by atomic mass is 35.5. The van der Waals surface area contributed by atoms with Gasteiger partial charge in [0.15, 0.2) is 0 Å². The molecule has 2 aromatic carbocycles. The lowest BCUT2D eigenvalue weighted by Crippen LogP contribution is -2.10. The number of rotatable bonds is 2. The summed E-state index contributed by atoms with van der Waals surface area (Å²) >= 11 is 6.24. The lowest BCUT2D eigenvalue weighted by Gasteiger charge is -2.17. The Bertz CT molecular complexity index is 609. The number of fused-ring (bicyclic) bond motifs is 1. The molecule has 0 aromatic heterocycles. The molecule has 3 heteroatoms. The zero-order valence-corrected chi connectivity index (χ0v) is 11.6. The van der Waals surface area contributed by atoms with Gasteiger partial charge in [0.25, 0.3) is 0 Å². The molecule has 2 nitrogen and oxygen atoms in total. The van der Waals surface area contributed by atoms with E-state index in [1.807, 2.05) is 18.2 Å². The fraction of sp³-hybridized carbons (Fsp3) is 0.250. The molecular formula is C16H17ClN2. The monoisotopic (exact) mass is 272 g/mol. The second-order valence-electron chi connectivity index (χ2n) is 5.15. The number of nitrogens with two attached hydrogens (primary N) is 1. The van der Waals surface area contributed by atoms with Gasteiger partial charge in [-0.25, -0.2) is 0 Å². The summed E-state index contributed by atoms with van der Waals surface area (Å²) in [4.78, 5) is 0. The Kier molecular flexibility index (Phi) is 3.21. The molecular weight excluding hydrogens is 256 g/mol. The van der Waals surface area contributed by atoms with Crippen LogP contribution in [0.15, 0.2) is 42.5 Å². The van der Waals surface area contributed by atoms with Crippen molar-refractivity contribution in [1.29, 1.82) is 0 Å². The smallest absolute Gasteiger partial charge is 0.0637 e. The second kappa shape index (κ2) is 4.87. The fourth-order valence-corrected chi connectivity index (χ4v) is 2.92. The molecule has 0 fully saturated rings. The largest absolute Gasteiger partial charge is 0.377 e. The highest BCUT2D eigenvalue weighted by molar-refractivity contribution is 6.33. The van der Waals surface area contributed by atoms with Gasteiger partial charge in [0.1, 0.15) is 0 Å². The molecule has 0 aliphatic heterocycles. The van der Waals surface area contributed by atoms with Gasteiger partial charge in [-0.1, -0.05) is 41.9 Å². The van der Waals surface area contributed by atoms with Crippen molar-refractivity contribution in [3.05, 3.63) is 64.2 Å². The van der Waals surface area contributed by atoms with Crippen molar-refractivity contribution in [2.75, 3.05) is 5.32 Å². The van der Waals surface area contributed by atoms with Crippen LogP contribution in [0.3, 0.4) is 0 Å². The van der Waals surface area contributed by atoms with Gasteiger partial charge < -0.3 is 11.1 Å². The second-order valence-corrected chi connectivity index (χ2v) is 5.56. The van der Waals surface area contributed by atoms with Crippen LogP contribution in [0.2, 0.25) is 5.02 Å². The van der Waals surface area contributed by atoms with E-state index in [4.69, 9.17) is 17.3 Å². The maximum Gasteiger partial charge on any atom is 0.0637 e. The minimum absolute atomic E-state index is 0.109. The van der Waals surface area contributed by atoms with Crippen molar-refractivity contribution in [1.82, 2.24) is 0 Å². The van der Waals surface area contributed by atoms with Crippen molar-refractivity contribution in [2.24, 2.45) is 5.73 Å². The molecule has 1 aliphatic rings. The van der Waals surface area contributed by atoms with E-state index in [-0.39, 0.29) is 12.1 Å². The molecule has 0 radical (unpaired) electrons. The standard InChI is InChI=1S/C16H17ClN2/c1-10-6-7-13(17)16(8-10)19-15-9-14(18)11-4-2-3-5-12(11)15/h2-8,14-15,19H,9,18H2,1H3. The van der Waals surface area contributed by atoms with E-state index in [9.17, 15) is 0 Å². The third-order valence-electron chi connectivity index (χ3n) is 3.71. The molecule has 98 valence electrons. The van der Waals surface area contributed by atoms with Gasteiger partial charge in [0.2, 0.25) is 0 Å². The summed E-state index contributed by atoms with van der Waals surface area (Å²) in [5.74, 6) is 0. The van der Waals surface area contributed by atoms with Crippen LogP contribution >= 0.6 is 11.6 Å². The first-order chi connectivity index (χ1) is 9.15. The molecule has 0 bridgehead atoms. The predicted octanol–water partition coefficient (Wildman–Crippen LogP) is 4.21. The number of benzene rings is 2. The van der Waals surface area contributed by atoms with Crippen LogP contribution in [-0.4, -0.2) is 0 Å². The molecule has 2 aromatic rings. The Morgan fingerprint density at radius 3 is 2.68 bits per heavy atom. The minimum atomic E-state index is 0.109. The maximum atomic E-state index is 6.24. The highest BCUT2D eigenvalue weighted by Crippen LogP contribution is 2.40. The summed E-state index contributed by atoms with van der Waals surface area (Å²) in [5.41, 5.74) is 10.9. The zero-order chi connectivity index (χ0) is 13.4. The van der Waals surface area contributed by atoms with Crippen LogP contribution < -0.4 is 11.1 Å². The predicted molar refractivity (Wildman–Crippen MR) is 80.5 cm³/mol. The van der Waals surface area contributed by atoms with Gasteiger partial charge in [-0.2, -0.15) is 0 Å². The molecule has 0 spiro atoms. The quantitative estimate of drug-likeness (QED) is 0.860. The summed E-state index contributed by atoms with van der Waals surface area (Å²) in [7, 11) is 0. The zero-order valence-electron chi connectivity index (χ0n) is 10.9. The van der Waals surface area contributed by atoms with Gasteiger partial charge in [-0.15, -0.1) is 0 Å². The Morgan fingerprint density at radius 1 is 1.16 bits per heavy atom. The summed E-state index contributed by atoms with van der Waals surface area (Å²) in [6.45, 7) is 2.07. The van der Waals surface area contributed by atoms with Gasteiger partial charge in [0.05, 0.1) is 16.8 Å². The van der Waals surface area contributed by atoms with Crippen LogP contribution in [0.4, 0.5) is 5.69 Å². The summed E-state index contributed by atoms with van der Waals surface area (Å²) in [6.07, 6.45) is 0.906. The first kappa shape index (κ1) is 12.5. The van der Waals surface area contributed by atoms with Gasteiger partial charge in [-0.05, 0) is 42.2 Å². The number of halogens is 1. The van der Waals surface area contributed by atoms with Crippen LogP contribution in [0.25, 0.3) is 0 Å². The Balaban J connectivity index is 1.91. The average Bonchev–Trinajstić information content (AvgIpc) is 2.72. The topological polar surface area (TPSA) is 38.0 Å². The van der Waals surface area contributed by atoms with Crippen LogP contribution in [0.5, 0.6) is 0 Å². The summed E-state index contributed by atoms with van der Waals surface area (Å²) in [6, 6.07) is 14.7. The number of anilines is 1. The molecule has 0 amide bonds. The van der Waals surface area contributed by atoms with E-state index in [1.165, 1.54) is 16.7 Å². The fourth-order valence-electron chi connectivity index (χ4n) is 2.75. The summed E-state index contributed by atoms with van der Waals surface area (Å²) < 4.78 is 0. The van der Waals surface area contributed by atoms with Crippen LogP contribution in [0, 0.1) is 6.92 Å². The van der Waals surface area contributed by atoms with E-state index in [1.54, 1.807) is 0 Å². The molecule has 0 heterocycles. The van der Waals surface area contributed by atoms with Crippen LogP contribution in [-0.2, 0) is 0 Å². The molecule has 2 unspecified atom stereocenters. The lowest BCUT2D eigenvalue weighted by atomic mass is 10.1. The van der Waals surface area contributed by atoms with Crippen LogP contribution in [0.1, 0.15) is 35.2 Å². The normalized spacial score (nSPS) is 21.2. The number of nitrogens with one attached hydrogen (secondary N) is 1. The third-order valence-corrected chi connectivity index (χ3v) is 4.04. The number of hydrogen-bond donors (Lipinski definition) is 2. The van der Waals surface area contributed by atoms with Gasteiger partial charge in [0, 0.05) is 6.04 Å². The minimum Gasteiger partial charge on any atom is -0.377 e. The Hall–Kier alpha value is -1.51. The van der Waals surface area contributed by atoms with E-state index in [0.717, 1.165) is 17.1 Å². The van der Waals surface area contributed by atoms with Crippen molar-refractivity contribution in [3.8, 4) is 0 Å². The SMILES string of the molecule is Cc1ccc(Cl)c(NC2CC(N)c3ccccc32)c1. The van der Waals surface area contributed by atoms with E-state index in [2.05, 4.69) is 36.5 Å². The van der Waals surface area contributed by atoms with Crippen molar-refractivity contribution in [3.63, 3.8) is 0 Å². The van der Waals surface area contributed by atoms with Crippen molar-refractivity contribution in [2.45, 2.75) is 25.4 Å². The molecule has 0 saturated carbocycles. The molecule has 2 atom stereocenters. The maximum absolute atomic E-state index is 6.24. The van der Waals surface area contributed by atoms with E-state index in [0.29, 0.717) is 0 Å². The number of aryl methyl sites for hydroxylation is 1. The van der Waals surface area contributed by atoms with Gasteiger partial charge >= 0.3 is 0 Å².